The highest BCUT2D eigenvalue weighted by Gasteiger charge is 2.20. The van der Waals surface area contributed by atoms with Crippen molar-refractivity contribution >= 4 is 23.1 Å². The van der Waals surface area contributed by atoms with Crippen molar-refractivity contribution in [3.8, 4) is 0 Å². The van der Waals surface area contributed by atoms with E-state index in [1.165, 1.54) is 0 Å². The molecule has 0 heterocycles. The van der Waals surface area contributed by atoms with Crippen molar-refractivity contribution in [1.29, 1.82) is 0 Å². The lowest BCUT2D eigenvalue weighted by Gasteiger charge is -2.04. The summed E-state index contributed by atoms with van der Waals surface area (Å²) in [5, 5.41) is 10.6. The Balaban J connectivity index is 2.36. The van der Waals surface area contributed by atoms with Crippen LogP contribution in [-0.4, -0.2) is 10.7 Å². The summed E-state index contributed by atoms with van der Waals surface area (Å²) >= 11 is 5.52. The Labute approximate surface area is 119 Å². The Kier molecular flexibility index (Phi) is 4.10. The fourth-order valence-corrected chi connectivity index (χ4v) is 1.95. The minimum Gasteiger partial charge on any atom is -0.294 e. The highest BCUT2D eigenvalue weighted by atomic mass is 35.5. The monoisotopic (exact) mass is 293 g/mol. The van der Waals surface area contributed by atoms with Gasteiger partial charge in [0.05, 0.1) is 9.95 Å². The Morgan fingerprint density at radius 2 is 1.90 bits per heavy atom. The molecule has 0 N–H and O–H groups in total. The van der Waals surface area contributed by atoms with E-state index in [1.54, 1.807) is 30.3 Å². The van der Waals surface area contributed by atoms with E-state index < -0.39 is 10.7 Å². The smallest absolute Gasteiger partial charge is 0.274 e. The third kappa shape index (κ3) is 3.00. The molecule has 102 valence electrons. The number of halogens is 2. The van der Waals surface area contributed by atoms with Gasteiger partial charge in [0.1, 0.15) is 5.82 Å². The van der Waals surface area contributed by atoms with Crippen LogP contribution in [0.2, 0.25) is 5.02 Å². The first-order chi connectivity index (χ1) is 9.49. The summed E-state index contributed by atoms with van der Waals surface area (Å²) in [4.78, 5) is 22.2. The van der Waals surface area contributed by atoms with E-state index in [2.05, 4.69) is 0 Å². The first kappa shape index (κ1) is 14.1. The molecule has 2 rings (SSSR count). The summed E-state index contributed by atoms with van der Waals surface area (Å²) in [6.07, 6.45) is -0.256. The van der Waals surface area contributed by atoms with Gasteiger partial charge in [-0.05, 0) is 6.07 Å². The van der Waals surface area contributed by atoms with Crippen LogP contribution in [0.15, 0.2) is 42.5 Å². The second kappa shape index (κ2) is 5.79. The van der Waals surface area contributed by atoms with Crippen molar-refractivity contribution < 1.29 is 14.1 Å². The summed E-state index contributed by atoms with van der Waals surface area (Å²) in [7, 11) is 0. The Hall–Kier alpha value is -2.27. The Morgan fingerprint density at radius 1 is 1.25 bits per heavy atom. The molecule has 0 spiro atoms. The van der Waals surface area contributed by atoms with Crippen LogP contribution in [0.25, 0.3) is 0 Å². The summed E-state index contributed by atoms with van der Waals surface area (Å²) in [5.41, 5.74) is 0.0589. The van der Waals surface area contributed by atoms with E-state index in [1.807, 2.05) is 0 Å². The van der Waals surface area contributed by atoms with Gasteiger partial charge < -0.3 is 0 Å². The van der Waals surface area contributed by atoms with E-state index in [0.717, 1.165) is 12.1 Å². The van der Waals surface area contributed by atoms with Gasteiger partial charge in [0, 0.05) is 23.6 Å². The molecule has 0 atom stereocenters. The molecule has 0 aliphatic carbocycles. The van der Waals surface area contributed by atoms with Crippen molar-refractivity contribution in [2.75, 3.05) is 0 Å². The van der Waals surface area contributed by atoms with Gasteiger partial charge >= 0.3 is 0 Å². The van der Waals surface area contributed by atoms with Crippen LogP contribution in [0.3, 0.4) is 0 Å². The predicted octanol–water partition coefficient (Wildman–Crippen LogP) is 3.81. The molecule has 0 unspecified atom stereocenters. The maximum Gasteiger partial charge on any atom is 0.274 e. The maximum absolute atomic E-state index is 13.4. The van der Waals surface area contributed by atoms with Crippen LogP contribution in [-0.2, 0) is 6.42 Å². The van der Waals surface area contributed by atoms with Gasteiger partial charge in [0.15, 0.2) is 5.78 Å². The summed E-state index contributed by atoms with van der Waals surface area (Å²) in [6.45, 7) is 0. The molecule has 0 aliphatic rings. The highest BCUT2D eigenvalue weighted by Crippen LogP contribution is 2.27. The molecular weight excluding hydrogens is 285 g/mol. The van der Waals surface area contributed by atoms with E-state index in [-0.39, 0.29) is 28.5 Å². The zero-order valence-electron chi connectivity index (χ0n) is 10.2. The summed E-state index contributed by atoms with van der Waals surface area (Å²) in [5.74, 6) is -1.11. The molecule has 20 heavy (non-hydrogen) atoms. The number of rotatable bonds is 4. The van der Waals surface area contributed by atoms with Gasteiger partial charge in [-0.25, -0.2) is 4.39 Å². The molecule has 0 bridgehead atoms. The normalized spacial score (nSPS) is 10.3. The number of benzene rings is 2. The molecule has 0 saturated carbocycles. The molecular formula is C14H9ClFNO3. The number of carbonyl (C=O) groups is 1. The Bertz CT molecular complexity index is 674. The van der Waals surface area contributed by atoms with Crippen LogP contribution >= 0.6 is 11.6 Å². The molecule has 0 aliphatic heterocycles. The van der Waals surface area contributed by atoms with E-state index >= 15 is 0 Å². The van der Waals surface area contributed by atoms with Crippen LogP contribution in [0.4, 0.5) is 10.1 Å². The van der Waals surface area contributed by atoms with Gasteiger partial charge in [0.2, 0.25) is 0 Å². The number of Topliss-reactive ketones (excluding diaryl/α,β-unsaturated/α-hetero) is 1. The largest absolute Gasteiger partial charge is 0.294 e. The van der Waals surface area contributed by atoms with Crippen molar-refractivity contribution in [2.24, 2.45) is 0 Å². The number of nitro groups is 1. The van der Waals surface area contributed by atoms with E-state index in [9.17, 15) is 19.3 Å². The number of hydrogen-bond acceptors (Lipinski definition) is 3. The lowest BCUT2D eigenvalue weighted by atomic mass is 10.0. The van der Waals surface area contributed by atoms with Crippen molar-refractivity contribution in [1.82, 2.24) is 0 Å². The van der Waals surface area contributed by atoms with Gasteiger partial charge in [-0.2, -0.15) is 0 Å². The molecule has 0 radical (unpaired) electrons. The first-order valence-corrected chi connectivity index (χ1v) is 6.07. The maximum atomic E-state index is 13.4. The van der Waals surface area contributed by atoms with E-state index in [4.69, 9.17) is 11.6 Å². The van der Waals surface area contributed by atoms with Crippen LogP contribution in [0.1, 0.15) is 15.9 Å². The predicted molar refractivity (Wildman–Crippen MR) is 72.5 cm³/mol. The topological polar surface area (TPSA) is 60.2 Å². The van der Waals surface area contributed by atoms with Gasteiger partial charge in [-0.15, -0.1) is 0 Å². The Morgan fingerprint density at radius 3 is 2.50 bits per heavy atom. The number of carbonyl (C=O) groups excluding carboxylic acids is 1. The zero-order valence-corrected chi connectivity index (χ0v) is 10.9. The number of ketones is 1. The molecule has 0 saturated heterocycles. The van der Waals surface area contributed by atoms with E-state index in [0.29, 0.717) is 5.56 Å². The highest BCUT2D eigenvalue weighted by molar-refractivity contribution is 6.31. The molecule has 2 aromatic carbocycles. The fraction of sp³-hybridized carbons (Fsp3) is 0.0714. The second-order valence-electron chi connectivity index (χ2n) is 4.12. The number of hydrogen-bond donors (Lipinski definition) is 0. The standard InChI is InChI=1S/C14H9ClFNO3/c15-11-8-13(17(19)20)10(6-12(11)16)7-14(18)9-4-2-1-3-5-9/h1-6,8H,7H2. The third-order valence-electron chi connectivity index (χ3n) is 2.77. The van der Waals surface area contributed by atoms with Gasteiger partial charge in [-0.1, -0.05) is 41.9 Å². The fourth-order valence-electron chi connectivity index (χ4n) is 1.79. The van der Waals surface area contributed by atoms with Crippen LogP contribution in [0, 0.1) is 15.9 Å². The molecule has 0 aromatic heterocycles. The average molecular weight is 294 g/mol. The summed E-state index contributed by atoms with van der Waals surface area (Å²) in [6, 6.07) is 10.2. The number of nitro benzene ring substituents is 1. The molecule has 0 fully saturated rings. The van der Waals surface area contributed by atoms with Crippen molar-refractivity contribution in [3.05, 3.63) is 74.5 Å². The minimum absolute atomic E-state index is 0.00533. The summed E-state index contributed by atoms with van der Waals surface area (Å²) < 4.78 is 13.4. The van der Waals surface area contributed by atoms with Crippen molar-refractivity contribution in [2.45, 2.75) is 6.42 Å². The molecule has 6 heteroatoms. The zero-order chi connectivity index (χ0) is 14.7. The minimum atomic E-state index is -0.784. The lowest BCUT2D eigenvalue weighted by Crippen LogP contribution is -2.06. The molecule has 2 aromatic rings. The quantitative estimate of drug-likeness (QED) is 0.489. The lowest BCUT2D eigenvalue weighted by molar-refractivity contribution is -0.385. The average Bonchev–Trinajstić information content (AvgIpc) is 2.43. The SMILES string of the molecule is O=C(Cc1cc(F)c(Cl)cc1[N+](=O)[O-])c1ccccc1. The molecule has 0 amide bonds. The van der Waals surface area contributed by atoms with Crippen LogP contribution < -0.4 is 0 Å². The number of nitrogens with zero attached hydrogens (tertiary/aromatic N) is 1. The van der Waals surface area contributed by atoms with Crippen LogP contribution in [0.5, 0.6) is 0 Å². The molecule has 4 nitrogen and oxygen atoms in total. The second-order valence-corrected chi connectivity index (χ2v) is 4.53. The van der Waals surface area contributed by atoms with Gasteiger partial charge in [0.25, 0.3) is 5.69 Å². The third-order valence-corrected chi connectivity index (χ3v) is 3.05. The van der Waals surface area contributed by atoms with Crippen molar-refractivity contribution in [3.63, 3.8) is 0 Å². The van der Waals surface area contributed by atoms with Gasteiger partial charge in [-0.3, -0.25) is 14.9 Å². The first-order valence-electron chi connectivity index (χ1n) is 5.69.